The minimum Gasteiger partial charge on any atom is -0.494 e. The summed E-state index contributed by atoms with van der Waals surface area (Å²) in [6.45, 7) is -0.526. The molecule has 3 aromatic rings. The van der Waals surface area contributed by atoms with Gasteiger partial charge in [-0.2, -0.15) is 43.9 Å². The predicted octanol–water partition coefficient (Wildman–Crippen LogP) is 8.96. The Labute approximate surface area is 258 Å². The molecule has 0 saturated carbocycles. The lowest BCUT2D eigenvalue weighted by Crippen LogP contribution is -2.69. The van der Waals surface area contributed by atoms with E-state index in [0.29, 0.717) is 12.4 Å². The molecule has 0 aliphatic heterocycles. The first-order valence-corrected chi connectivity index (χ1v) is 13.2. The number of alkyl halides is 12. The molecule has 0 aliphatic carbocycles. The van der Waals surface area contributed by atoms with Crippen molar-refractivity contribution in [1.82, 2.24) is 0 Å². The van der Waals surface area contributed by atoms with E-state index in [1.54, 1.807) is 24.3 Å². The Morgan fingerprint density at radius 2 is 1.06 bits per heavy atom. The molecule has 3 aromatic carbocycles. The topological polar surface area (TPSA) is 61.8 Å². The second-order valence-electron chi connectivity index (χ2n) is 9.79. The van der Waals surface area contributed by atoms with Gasteiger partial charge in [-0.1, -0.05) is 31.2 Å². The highest BCUT2D eigenvalue weighted by molar-refractivity contribution is 5.92. The first-order valence-electron chi connectivity index (χ1n) is 13.2. The number of benzene rings is 3. The molecule has 0 heterocycles. The Kier molecular flexibility index (Phi) is 10.8. The van der Waals surface area contributed by atoms with Crippen molar-refractivity contribution in [2.45, 2.75) is 49.4 Å². The van der Waals surface area contributed by atoms with Crippen molar-refractivity contribution in [2.24, 2.45) is 0 Å². The summed E-state index contributed by atoms with van der Waals surface area (Å²) in [6, 6.07) is 16.6. The molecule has 0 fully saturated rings. The Morgan fingerprint density at radius 3 is 1.55 bits per heavy atom. The molecule has 0 aromatic heterocycles. The van der Waals surface area contributed by atoms with Gasteiger partial charge in [0.1, 0.15) is 11.5 Å². The molecule has 3 rings (SSSR count). The Morgan fingerprint density at radius 1 is 0.617 bits per heavy atom. The van der Waals surface area contributed by atoms with E-state index < -0.39 is 60.1 Å². The van der Waals surface area contributed by atoms with Gasteiger partial charge in [0.05, 0.1) is 17.7 Å². The maximum Gasteiger partial charge on any atom is 0.384 e. The van der Waals surface area contributed by atoms with E-state index in [1.165, 1.54) is 12.1 Å². The molecular formula is C30H22F12O5. The van der Waals surface area contributed by atoms with E-state index in [-0.39, 0.29) is 11.3 Å². The molecule has 47 heavy (non-hydrogen) atoms. The summed E-state index contributed by atoms with van der Waals surface area (Å²) in [4.78, 5) is 24.5. The van der Waals surface area contributed by atoms with Gasteiger partial charge in [0, 0.05) is 0 Å². The van der Waals surface area contributed by atoms with Gasteiger partial charge in [0.15, 0.2) is 6.61 Å². The third-order valence-electron chi connectivity index (χ3n) is 6.41. The summed E-state index contributed by atoms with van der Waals surface area (Å²) in [7, 11) is 0. The minimum atomic E-state index is -7.74. The largest absolute Gasteiger partial charge is 0.494 e. The summed E-state index contributed by atoms with van der Waals surface area (Å²) >= 11 is 0. The maximum atomic E-state index is 13.9. The van der Waals surface area contributed by atoms with Crippen LogP contribution in [-0.2, 0) is 4.74 Å². The number of hydrogen-bond acceptors (Lipinski definition) is 5. The minimum absolute atomic E-state index is 0.0805. The van der Waals surface area contributed by atoms with Crippen molar-refractivity contribution < 1.29 is 76.5 Å². The van der Waals surface area contributed by atoms with E-state index in [9.17, 15) is 62.3 Å². The molecule has 0 aliphatic rings. The predicted molar refractivity (Wildman–Crippen MR) is 140 cm³/mol. The molecule has 0 spiro atoms. The van der Waals surface area contributed by atoms with Crippen LogP contribution in [0.1, 0.15) is 34.1 Å². The quantitative estimate of drug-likeness (QED) is 0.0961. The van der Waals surface area contributed by atoms with Crippen molar-refractivity contribution in [1.29, 1.82) is 0 Å². The zero-order valence-electron chi connectivity index (χ0n) is 23.7. The van der Waals surface area contributed by atoms with Crippen molar-refractivity contribution in [3.63, 3.8) is 0 Å². The van der Waals surface area contributed by atoms with Crippen LogP contribution in [0.15, 0.2) is 72.8 Å². The molecular weight excluding hydrogens is 668 g/mol. The van der Waals surface area contributed by atoms with Gasteiger partial charge in [-0.3, -0.25) is 0 Å². The fraction of sp³-hybridized carbons (Fsp3) is 0.333. The highest BCUT2D eigenvalue weighted by Crippen LogP contribution is 2.58. The Hall–Kier alpha value is -4.44. The monoisotopic (exact) mass is 690 g/mol. The molecule has 0 N–H and O–H groups in total. The second kappa shape index (κ2) is 13.7. The molecule has 0 bridgehead atoms. The molecule has 0 unspecified atom stereocenters. The number of hydrogen-bond donors (Lipinski definition) is 0. The van der Waals surface area contributed by atoms with Crippen LogP contribution in [0.4, 0.5) is 52.7 Å². The van der Waals surface area contributed by atoms with Crippen LogP contribution in [0.2, 0.25) is 0 Å². The number of carbonyl (C=O) groups excluding carboxylic acids is 2. The smallest absolute Gasteiger partial charge is 0.384 e. The SMILES string of the molecule is CCCOc1ccc(-c2ccc(C(=O)Oc3ccc(C(=O)OCC(F)(F)C(F)(F)C(F)(F)C(F)(F)C(F)(F)C(F)F)cc3)cc2)cc1. The van der Waals surface area contributed by atoms with Gasteiger partial charge in [-0.25, -0.2) is 18.4 Å². The zero-order valence-corrected chi connectivity index (χ0v) is 23.7. The Balaban J connectivity index is 1.62. The van der Waals surface area contributed by atoms with Crippen molar-refractivity contribution in [3.8, 4) is 22.6 Å². The summed E-state index contributed by atoms with van der Waals surface area (Å²) in [5.41, 5.74) is 0.925. The van der Waals surface area contributed by atoms with E-state index in [0.717, 1.165) is 41.8 Å². The molecule has 256 valence electrons. The average molecular weight is 690 g/mol. The molecule has 17 heteroatoms. The molecule has 0 atom stereocenters. The molecule has 0 saturated heterocycles. The van der Waals surface area contributed by atoms with Crippen LogP contribution < -0.4 is 9.47 Å². The fourth-order valence-corrected chi connectivity index (χ4v) is 3.69. The number of halogens is 12. The Bertz CT molecular complexity index is 1520. The first kappa shape index (κ1) is 37.0. The third kappa shape index (κ3) is 7.43. The van der Waals surface area contributed by atoms with Crippen LogP contribution >= 0.6 is 0 Å². The molecule has 0 radical (unpaired) electrons. The van der Waals surface area contributed by atoms with Gasteiger partial charge in [-0.15, -0.1) is 0 Å². The van der Waals surface area contributed by atoms with Gasteiger partial charge in [-0.05, 0) is 66.1 Å². The van der Waals surface area contributed by atoms with Crippen LogP contribution in [0.5, 0.6) is 11.5 Å². The highest BCUT2D eigenvalue weighted by atomic mass is 19.4. The zero-order chi connectivity index (χ0) is 35.4. The van der Waals surface area contributed by atoms with Crippen LogP contribution in [-0.4, -0.2) is 61.2 Å². The highest BCUT2D eigenvalue weighted by Gasteiger charge is 2.87. The van der Waals surface area contributed by atoms with Gasteiger partial charge in [0.2, 0.25) is 0 Å². The summed E-state index contributed by atoms with van der Waals surface area (Å²) in [6.07, 6.45) is -4.79. The second-order valence-corrected chi connectivity index (χ2v) is 9.79. The van der Waals surface area contributed by atoms with Crippen molar-refractivity contribution >= 4 is 11.9 Å². The number of ether oxygens (including phenoxy) is 3. The van der Waals surface area contributed by atoms with Gasteiger partial charge in [0.25, 0.3) is 0 Å². The van der Waals surface area contributed by atoms with Crippen molar-refractivity contribution in [2.75, 3.05) is 13.2 Å². The van der Waals surface area contributed by atoms with E-state index in [1.807, 2.05) is 19.1 Å². The van der Waals surface area contributed by atoms with Crippen molar-refractivity contribution in [3.05, 3.63) is 83.9 Å². The summed E-state index contributed by atoms with van der Waals surface area (Å²) in [5.74, 6) is -38.7. The molecule has 0 amide bonds. The fourth-order valence-electron chi connectivity index (χ4n) is 3.69. The van der Waals surface area contributed by atoms with Gasteiger partial charge >= 0.3 is 48.0 Å². The normalized spacial score (nSPS) is 13.0. The third-order valence-corrected chi connectivity index (χ3v) is 6.41. The molecule has 5 nitrogen and oxygen atoms in total. The standard InChI is InChI=1S/C30H22F12O5/c1-2-15-45-21-11-7-18(8-12-21)17-3-5-20(6-4-17)24(44)47-22-13-9-19(10-14-22)23(43)46-16-26(33,34)28(37,38)30(41,42)29(39,40)27(35,36)25(31)32/h3-14,25H,2,15-16H2,1H3. The van der Waals surface area contributed by atoms with Crippen LogP contribution in [0.25, 0.3) is 11.1 Å². The van der Waals surface area contributed by atoms with E-state index in [4.69, 9.17) is 9.47 Å². The number of rotatable bonds is 14. The average Bonchev–Trinajstić information content (AvgIpc) is 3.02. The van der Waals surface area contributed by atoms with Gasteiger partial charge < -0.3 is 14.2 Å². The van der Waals surface area contributed by atoms with E-state index >= 15 is 0 Å². The summed E-state index contributed by atoms with van der Waals surface area (Å²) < 4.78 is 174. The van der Waals surface area contributed by atoms with E-state index in [2.05, 4.69) is 4.74 Å². The number of esters is 2. The number of carbonyl (C=O) groups is 2. The van der Waals surface area contributed by atoms with Crippen LogP contribution in [0.3, 0.4) is 0 Å². The lowest BCUT2D eigenvalue weighted by molar-refractivity contribution is -0.414. The lowest BCUT2D eigenvalue weighted by atomic mass is 9.94. The first-order chi connectivity index (χ1) is 21.7. The maximum absolute atomic E-state index is 13.9. The lowest BCUT2D eigenvalue weighted by Gasteiger charge is -2.38. The van der Waals surface area contributed by atoms with Crippen LogP contribution in [0, 0.1) is 0 Å². The summed E-state index contributed by atoms with van der Waals surface area (Å²) in [5, 5.41) is 0.